The van der Waals surface area contributed by atoms with E-state index in [0.717, 1.165) is 18.5 Å². The average molecular weight is 253 g/mol. The Labute approximate surface area is 113 Å². The molecule has 1 atom stereocenters. The molecule has 3 nitrogen and oxygen atoms in total. The van der Waals surface area contributed by atoms with Gasteiger partial charge in [-0.25, -0.2) is 0 Å². The Morgan fingerprint density at radius 1 is 1.11 bits per heavy atom. The summed E-state index contributed by atoms with van der Waals surface area (Å²) in [5, 5.41) is 0. The second-order valence-electron chi connectivity index (χ2n) is 6.15. The van der Waals surface area contributed by atoms with Gasteiger partial charge in [0.05, 0.1) is 0 Å². The lowest BCUT2D eigenvalue weighted by molar-refractivity contribution is 0.0701. The van der Waals surface area contributed by atoms with Gasteiger partial charge in [-0.1, -0.05) is 6.92 Å². The molecule has 0 saturated carbocycles. The van der Waals surface area contributed by atoms with Crippen LogP contribution >= 0.6 is 0 Å². The fourth-order valence-corrected chi connectivity index (χ4v) is 3.72. The maximum atomic E-state index is 5.71. The zero-order valence-corrected chi connectivity index (χ0v) is 12.1. The van der Waals surface area contributed by atoms with Gasteiger partial charge >= 0.3 is 0 Å². The van der Waals surface area contributed by atoms with Crippen LogP contribution in [-0.4, -0.2) is 55.1 Å². The van der Waals surface area contributed by atoms with Crippen molar-refractivity contribution in [3.63, 3.8) is 0 Å². The molecule has 0 aromatic rings. The summed E-state index contributed by atoms with van der Waals surface area (Å²) in [7, 11) is 0. The molecule has 0 bridgehead atoms. The van der Waals surface area contributed by atoms with Crippen LogP contribution in [0.15, 0.2) is 0 Å². The Bertz CT molecular complexity index is 222. The molecule has 0 spiro atoms. The van der Waals surface area contributed by atoms with Crippen LogP contribution in [0.2, 0.25) is 0 Å². The molecule has 3 heteroatoms. The van der Waals surface area contributed by atoms with Crippen LogP contribution in [0.5, 0.6) is 0 Å². The Balaban J connectivity index is 1.75. The molecule has 18 heavy (non-hydrogen) atoms. The van der Waals surface area contributed by atoms with Crippen molar-refractivity contribution in [2.45, 2.75) is 51.5 Å². The summed E-state index contributed by atoms with van der Waals surface area (Å²) in [6.07, 6.45) is 8.09. The van der Waals surface area contributed by atoms with E-state index in [9.17, 15) is 0 Å². The first-order chi connectivity index (χ1) is 8.83. The minimum Gasteiger partial charge on any atom is -0.330 e. The van der Waals surface area contributed by atoms with E-state index in [4.69, 9.17) is 5.73 Å². The molecular formula is C15H31N3. The van der Waals surface area contributed by atoms with Crippen molar-refractivity contribution in [1.29, 1.82) is 0 Å². The van der Waals surface area contributed by atoms with Gasteiger partial charge in [0.1, 0.15) is 0 Å². The molecule has 2 N–H and O–H groups in total. The van der Waals surface area contributed by atoms with E-state index in [-0.39, 0.29) is 0 Å². The van der Waals surface area contributed by atoms with Crippen LogP contribution in [0.3, 0.4) is 0 Å². The van der Waals surface area contributed by atoms with Crippen molar-refractivity contribution in [3.8, 4) is 0 Å². The Kier molecular flexibility index (Phi) is 5.93. The first-order valence-electron chi connectivity index (χ1n) is 8.00. The molecule has 0 aromatic carbocycles. The summed E-state index contributed by atoms with van der Waals surface area (Å²) in [6.45, 7) is 9.73. The summed E-state index contributed by atoms with van der Waals surface area (Å²) in [6, 6.07) is 0.860. The van der Waals surface area contributed by atoms with Gasteiger partial charge in [0.25, 0.3) is 0 Å². The number of piperidine rings is 2. The van der Waals surface area contributed by atoms with Gasteiger partial charge in [0, 0.05) is 12.6 Å². The Morgan fingerprint density at radius 3 is 2.56 bits per heavy atom. The minimum atomic E-state index is 0.860. The monoisotopic (exact) mass is 253 g/mol. The molecule has 0 radical (unpaired) electrons. The summed E-state index contributed by atoms with van der Waals surface area (Å²) >= 11 is 0. The van der Waals surface area contributed by atoms with Gasteiger partial charge in [-0.15, -0.1) is 0 Å². The van der Waals surface area contributed by atoms with Crippen LogP contribution in [0.25, 0.3) is 0 Å². The summed E-state index contributed by atoms with van der Waals surface area (Å²) in [5.41, 5.74) is 5.71. The second-order valence-corrected chi connectivity index (χ2v) is 6.15. The largest absolute Gasteiger partial charge is 0.330 e. The maximum absolute atomic E-state index is 5.71. The van der Waals surface area contributed by atoms with Gasteiger partial charge in [-0.05, 0) is 77.2 Å². The van der Waals surface area contributed by atoms with Crippen LogP contribution in [0, 0.1) is 5.92 Å². The molecule has 2 saturated heterocycles. The summed E-state index contributed by atoms with van der Waals surface area (Å²) in [5.74, 6) is 0.873. The van der Waals surface area contributed by atoms with Gasteiger partial charge in [0.2, 0.25) is 0 Å². The lowest BCUT2D eigenvalue weighted by atomic mass is 9.92. The van der Waals surface area contributed by atoms with Crippen molar-refractivity contribution < 1.29 is 0 Å². The minimum absolute atomic E-state index is 0.860. The van der Waals surface area contributed by atoms with Crippen LogP contribution in [0.1, 0.15) is 45.4 Å². The Hall–Kier alpha value is -0.120. The van der Waals surface area contributed by atoms with E-state index in [0.29, 0.717) is 0 Å². The fraction of sp³-hybridized carbons (Fsp3) is 1.00. The van der Waals surface area contributed by atoms with Crippen molar-refractivity contribution >= 4 is 0 Å². The molecule has 0 aromatic heterocycles. The van der Waals surface area contributed by atoms with E-state index < -0.39 is 0 Å². The smallest absolute Gasteiger partial charge is 0.0120 e. The maximum Gasteiger partial charge on any atom is 0.0120 e. The average Bonchev–Trinajstić information content (AvgIpc) is 2.41. The lowest BCUT2D eigenvalue weighted by Gasteiger charge is -2.42. The molecule has 0 aliphatic carbocycles. The van der Waals surface area contributed by atoms with Crippen molar-refractivity contribution in [1.82, 2.24) is 9.80 Å². The van der Waals surface area contributed by atoms with E-state index in [1.54, 1.807) is 0 Å². The number of rotatable bonds is 5. The number of nitrogens with two attached hydrogens (primary N) is 1. The van der Waals surface area contributed by atoms with Crippen LogP contribution < -0.4 is 5.73 Å². The van der Waals surface area contributed by atoms with E-state index >= 15 is 0 Å². The molecular weight excluding hydrogens is 222 g/mol. The van der Waals surface area contributed by atoms with E-state index in [1.807, 2.05) is 0 Å². The zero-order valence-electron chi connectivity index (χ0n) is 12.1. The predicted molar refractivity (Wildman–Crippen MR) is 77.7 cm³/mol. The van der Waals surface area contributed by atoms with Crippen molar-refractivity contribution in [2.75, 3.05) is 39.3 Å². The topological polar surface area (TPSA) is 32.5 Å². The molecule has 2 aliphatic heterocycles. The number of nitrogens with zero attached hydrogens (tertiary/aromatic N) is 2. The molecule has 1 unspecified atom stereocenters. The predicted octanol–water partition coefficient (Wildman–Crippen LogP) is 1.92. The first-order valence-corrected chi connectivity index (χ1v) is 8.00. The quantitative estimate of drug-likeness (QED) is 0.812. The SMILES string of the molecule is CCCN1CCC(N2CCCC(CCN)C2)CC1. The molecule has 0 amide bonds. The highest BCUT2D eigenvalue weighted by Crippen LogP contribution is 2.25. The van der Waals surface area contributed by atoms with Crippen LogP contribution in [0.4, 0.5) is 0 Å². The van der Waals surface area contributed by atoms with Gasteiger partial charge in [-0.2, -0.15) is 0 Å². The third-order valence-corrected chi connectivity index (χ3v) is 4.74. The highest BCUT2D eigenvalue weighted by atomic mass is 15.2. The molecule has 2 rings (SSSR count). The Morgan fingerprint density at radius 2 is 1.89 bits per heavy atom. The highest BCUT2D eigenvalue weighted by Gasteiger charge is 2.28. The number of hydrogen-bond donors (Lipinski definition) is 1. The highest BCUT2D eigenvalue weighted by molar-refractivity contribution is 4.83. The first kappa shape index (κ1) is 14.3. The van der Waals surface area contributed by atoms with Gasteiger partial charge < -0.3 is 15.5 Å². The normalized spacial score (nSPS) is 28.7. The lowest BCUT2D eigenvalue weighted by Crippen LogP contribution is -2.48. The third kappa shape index (κ3) is 3.94. The van der Waals surface area contributed by atoms with Crippen molar-refractivity contribution in [3.05, 3.63) is 0 Å². The zero-order chi connectivity index (χ0) is 12.8. The standard InChI is InChI=1S/C15H31N3/c1-2-9-17-11-6-15(7-12-17)18-10-3-4-14(13-18)5-8-16/h14-15H,2-13,16H2,1H3. The third-order valence-electron chi connectivity index (χ3n) is 4.74. The fourth-order valence-electron chi connectivity index (χ4n) is 3.72. The second kappa shape index (κ2) is 7.46. The molecule has 106 valence electrons. The van der Waals surface area contributed by atoms with E-state index in [2.05, 4.69) is 16.7 Å². The summed E-state index contributed by atoms with van der Waals surface area (Å²) < 4.78 is 0. The van der Waals surface area contributed by atoms with Crippen molar-refractivity contribution in [2.24, 2.45) is 11.7 Å². The van der Waals surface area contributed by atoms with E-state index in [1.165, 1.54) is 71.2 Å². The van der Waals surface area contributed by atoms with Gasteiger partial charge in [-0.3, -0.25) is 0 Å². The number of likely N-dealkylation sites (tertiary alicyclic amines) is 2. The van der Waals surface area contributed by atoms with Gasteiger partial charge in [0.15, 0.2) is 0 Å². The number of hydrogen-bond acceptors (Lipinski definition) is 3. The molecule has 2 aliphatic rings. The molecule has 2 heterocycles. The summed E-state index contributed by atoms with van der Waals surface area (Å²) in [4.78, 5) is 5.41. The van der Waals surface area contributed by atoms with Crippen LogP contribution in [-0.2, 0) is 0 Å². The molecule has 2 fully saturated rings.